The average Bonchev–Trinajstić information content (AvgIpc) is 2.80. The molecule has 14 heteroatoms. The van der Waals surface area contributed by atoms with E-state index in [0.717, 1.165) is 10.6 Å². The summed E-state index contributed by atoms with van der Waals surface area (Å²) in [6.45, 7) is 0.00240. The Morgan fingerprint density at radius 2 is 1.46 bits per heavy atom. The van der Waals surface area contributed by atoms with E-state index in [1.807, 2.05) is 0 Å². The monoisotopic (exact) mass is 623 g/mol. The highest BCUT2D eigenvalue weighted by molar-refractivity contribution is 7.92. The van der Waals surface area contributed by atoms with Crippen LogP contribution in [0.5, 0.6) is 0 Å². The molecule has 3 aromatic carbocycles. The molecule has 0 saturated heterocycles. The topological polar surface area (TPSA) is 113 Å². The molecule has 0 spiro atoms. The van der Waals surface area contributed by atoms with E-state index < -0.39 is 20.0 Å². The lowest BCUT2D eigenvalue weighted by Crippen LogP contribution is -2.31. The van der Waals surface area contributed by atoms with Gasteiger partial charge in [0.2, 0.25) is 15.9 Å². The van der Waals surface area contributed by atoms with E-state index in [-0.39, 0.29) is 51.6 Å². The van der Waals surface area contributed by atoms with Crippen molar-refractivity contribution in [3.8, 4) is 0 Å². The number of anilines is 3. The number of halogens is 4. The van der Waals surface area contributed by atoms with Gasteiger partial charge in [0, 0.05) is 28.7 Å². The number of nitrogens with zero attached hydrogens (tertiary/aromatic N) is 1. The molecule has 0 heterocycles. The third kappa shape index (κ3) is 8.13. The van der Waals surface area contributed by atoms with Crippen LogP contribution in [0.2, 0.25) is 20.1 Å². The molecule has 0 aliphatic carbocycles. The number of amides is 1. The minimum Gasteiger partial charge on any atom is -0.326 e. The maximum absolute atomic E-state index is 12.7. The minimum absolute atomic E-state index is 0.000869. The molecule has 0 bridgehead atoms. The molecular formula is C23H21Cl4N3O5S2. The quantitative estimate of drug-likeness (QED) is 0.275. The van der Waals surface area contributed by atoms with E-state index in [1.54, 1.807) is 6.07 Å². The first-order valence-electron chi connectivity index (χ1n) is 10.6. The molecule has 0 aromatic heterocycles. The third-order valence-corrected chi connectivity index (χ3v) is 8.63. The molecule has 3 rings (SSSR count). The lowest BCUT2D eigenvalue weighted by molar-refractivity contribution is -0.116. The molecule has 198 valence electrons. The summed E-state index contributed by atoms with van der Waals surface area (Å²) in [4.78, 5) is 12.4. The maximum atomic E-state index is 12.7. The lowest BCUT2D eigenvalue weighted by atomic mass is 10.2. The van der Waals surface area contributed by atoms with Gasteiger partial charge in [-0.25, -0.2) is 16.8 Å². The van der Waals surface area contributed by atoms with Crippen molar-refractivity contribution < 1.29 is 21.6 Å². The van der Waals surface area contributed by atoms with Gasteiger partial charge in [-0.2, -0.15) is 0 Å². The highest BCUT2D eigenvalue weighted by Gasteiger charge is 2.21. The molecule has 0 aliphatic heterocycles. The van der Waals surface area contributed by atoms with Crippen LogP contribution in [0, 0.1) is 0 Å². The first-order chi connectivity index (χ1) is 17.3. The second-order valence-corrected chi connectivity index (χ2v) is 13.1. The van der Waals surface area contributed by atoms with Gasteiger partial charge in [0.05, 0.1) is 32.6 Å². The number of hydrogen-bond acceptors (Lipinski definition) is 5. The van der Waals surface area contributed by atoms with Crippen LogP contribution < -0.4 is 14.3 Å². The number of sulfonamides is 2. The summed E-state index contributed by atoms with van der Waals surface area (Å²) in [5, 5.41) is 3.70. The Balaban J connectivity index is 1.60. The van der Waals surface area contributed by atoms with Gasteiger partial charge in [0.1, 0.15) is 0 Å². The Labute approximate surface area is 235 Å². The summed E-state index contributed by atoms with van der Waals surface area (Å²) < 4.78 is 53.4. The van der Waals surface area contributed by atoms with Gasteiger partial charge in [-0.1, -0.05) is 46.4 Å². The fourth-order valence-corrected chi connectivity index (χ4v) is 6.24. The van der Waals surface area contributed by atoms with Crippen LogP contribution in [0.3, 0.4) is 0 Å². The van der Waals surface area contributed by atoms with Crippen LogP contribution in [0.15, 0.2) is 65.6 Å². The molecule has 1 amide bonds. The Bertz CT molecular complexity index is 1520. The van der Waals surface area contributed by atoms with Crippen LogP contribution in [-0.4, -0.2) is 35.5 Å². The summed E-state index contributed by atoms with van der Waals surface area (Å²) in [6, 6.07) is 14.4. The zero-order chi connectivity index (χ0) is 27.4. The first kappa shape index (κ1) is 29.3. The number of nitrogens with one attached hydrogen (secondary N) is 2. The number of carbonyl (C=O) groups excluding carboxylic acids is 1. The summed E-state index contributed by atoms with van der Waals surface area (Å²) in [5.74, 6) is -0.382. The Kier molecular flexibility index (Phi) is 9.60. The fourth-order valence-electron chi connectivity index (χ4n) is 3.24. The average molecular weight is 625 g/mol. The smallest absolute Gasteiger partial charge is 0.261 e. The first-order valence-corrected chi connectivity index (χ1v) is 15.4. The van der Waals surface area contributed by atoms with Gasteiger partial charge >= 0.3 is 0 Å². The second-order valence-electron chi connectivity index (χ2n) is 7.84. The van der Waals surface area contributed by atoms with Gasteiger partial charge in [0.25, 0.3) is 10.0 Å². The highest BCUT2D eigenvalue weighted by Crippen LogP contribution is 2.31. The van der Waals surface area contributed by atoms with Gasteiger partial charge in [-0.05, 0) is 67.1 Å². The number of hydrogen-bond donors (Lipinski definition) is 2. The molecule has 0 atom stereocenters. The third-order valence-electron chi connectivity index (χ3n) is 4.97. The molecular weight excluding hydrogens is 604 g/mol. The van der Waals surface area contributed by atoms with E-state index in [4.69, 9.17) is 46.4 Å². The predicted octanol–water partition coefficient (Wildman–Crippen LogP) is 6.29. The molecule has 37 heavy (non-hydrogen) atoms. The van der Waals surface area contributed by atoms with Gasteiger partial charge in [0.15, 0.2) is 0 Å². The van der Waals surface area contributed by atoms with Crippen molar-refractivity contribution in [3.63, 3.8) is 0 Å². The summed E-state index contributed by atoms with van der Waals surface area (Å²) in [5.41, 5.74) is 0.763. The molecule has 0 saturated carbocycles. The van der Waals surface area contributed by atoms with E-state index in [9.17, 15) is 21.6 Å². The Morgan fingerprint density at radius 3 is 2.08 bits per heavy atom. The van der Waals surface area contributed by atoms with Gasteiger partial charge in [-0.3, -0.25) is 13.8 Å². The molecule has 0 fully saturated rings. The van der Waals surface area contributed by atoms with Crippen molar-refractivity contribution in [2.75, 3.05) is 27.1 Å². The van der Waals surface area contributed by atoms with Crippen molar-refractivity contribution in [2.45, 2.75) is 17.7 Å². The minimum atomic E-state index is -3.94. The van der Waals surface area contributed by atoms with Crippen LogP contribution in [-0.2, 0) is 24.8 Å². The second kappa shape index (κ2) is 12.1. The van der Waals surface area contributed by atoms with E-state index in [1.165, 1.54) is 54.6 Å². The highest BCUT2D eigenvalue weighted by atomic mass is 35.5. The van der Waals surface area contributed by atoms with E-state index in [2.05, 4.69) is 10.0 Å². The van der Waals surface area contributed by atoms with Gasteiger partial charge < -0.3 is 5.32 Å². The molecule has 0 radical (unpaired) electrons. The summed E-state index contributed by atoms with van der Waals surface area (Å²) in [6.07, 6.45) is 1.23. The lowest BCUT2D eigenvalue weighted by Gasteiger charge is -2.23. The maximum Gasteiger partial charge on any atom is 0.261 e. The van der Waals surface area contributed by atoms with Crippen molar-refractivity contribution in [3.05, 3.63) is 80.8 Å². The largest absolute Gasteiger partial charge is 0.326 e. The van der Waals surface area contributed by atoms with Crippen LogP contribution >= 0.6 is 46.4 Å². The normalized spacial score (nSPS) is 11.7. The summed E-state index contributed by atoms with van der Waals surface area (Å²) >= 11 is 24.0. The van der Waals surface area contributed by atoms with E-state index in [0.29, 0.717) is 15.7 Å². The number of rotatable bonds is 10. The van der Waals surface area contributed by atoms with Crippen LogP contribution in [0.4, 0.5) is 17.1 Å². The van der Waals surface area contributed by atoms with Gasteiger partial charge in [-0.15, -0.1) is 0 Å². The molecule has 0 aliphatic rings. The molecule has 3 aromatic rings. The fraction of sp³-hybridized carbons (Fsp3) is 0.174. The van der Waals surface area contributed by atoms with Crippen molar-refractivity contribution >= 4 is 89.4 Å². The number of carbonyl (C=O) groups is 1. The standard InChI is InChI=1S/C23H21Cl4N3O5S2/c1-36(32,33)30(22-14-16(25)4-10-19(22)26)12-2-3-23(31)28-17-6-8-18(9-7-17)37(34,35)29-21-11-5-15(24)13-20(21)27/h4-11,13-14,29H,2-3,12H2,1H3,(H,28,31). The number of benzene rings is 3. The van der Waals surface area contributed by atoms with Crippen LogP contribution in [0.1, 0.15) is 12.8 Å². The zero-order valence-electron chi connectivity index (χ0n) is 19.2. The van der Waals surface area contributed by atoms with Crippen molar-refractivity contribution in [1.29, 1.82) is 0 Å². The molecule has 2 N–H and O–H groups in total. The molecule has 0 unspecified atom stereocenters. The van der Waals surface area contributed by atoms with Crippen molar-refractivity contribution in [1.82, 2.24) is 0 Å². The van der Waals surface area contributed by atoms with Crippen LogP contribution in [0.25, 0.3) is 0 Å². The Hall–Kier alpha value is -2.21. The zero-order valence-corrected chi connectivity index (χ0v) is 23.9. The molecule has 8 nitrogen and oxygen atoms in total. The summed E-state index contributed by atoms with van der Waals surface area (Å²) in [7, 11) is -7.62. The van der Waals surface area contributed by atoms with E-state index >= 15 is 0 Å². The van der Waals surface area contributed by atoms with Crippen molar-refractivity contribution in [2.24, 2.45) is 0 Å². The Morgan fingerprint density at radius 1 is 0.838 bits per heavy atom. The predicted molar refractivity (Wildman–Crippen MR) is 150 cm³/mol. The SMILES string of the molecule is CS(=O)(=O)N(CCCC(=O)Nc1ccc(S(=O)(=O)Nc2ccc(Cl)cc2Cl)cc1)c1cc(Cl)ccc1Cl.